The van der Waals surface area contributed by atoms with E-state index < -0.39 is 0 Å². The van der Waals surface area contributed by atoms with Crippen LogP contribution >= 0.6 is 0 Å². The average molecular weight is 320 g/mol. The van der Waals surface area contributed by atoms with Gasteiger partial charge in [0.05, 0.1) is 25.8 Å². The van der Waals surface area contributed by atoms with Crippen molar-refractivity contribution in [3.63, 3.8) is 0 Å². The highest BCUT2D eigenvalue weighted by Gasteiger charge is 2.36. The molecule has 0 aliphatic carbocycles. The summed E-state index contributed by atoms with van der Waals surface area (Å²) in [5.41, 5.74) is 0.635. The Hall–Kier alpha value is -2.24. The summed E-state index contributed by atoms with van der Waals surface area (Å²) in [6.07, 6.45) is 1.07. The molecule has 1 aromatic rings. The smallest absolute Gasteiger partial charge is 0.227 e. The molecular formula is C17H24N2O4. The lowest BCUT2D eigenvalue weighted by Gasteiger charge is -2.20. The molecule has 6 nitrogen and oxygen atoms in total. The number of carbonyl (C=O) groups excluding carboxylic acids is 2. The van der Waals surface area contributed by atoms with Gasteiger partial charge in [0.15, 0.2) is 0 Å². The van der Waals surface area contributed by atoms with Gasteiger partial charge in [-0.05, 0) is 25.5 Å². The highest BCUT2D eigenvalue weighted by Crippen LogP contribution is 2.36. The molecule has 0 saturated carbocycles. The van der Waals surface area contributed by atoms with Crippen molar-refractivity contribution in [2.75, 3.05) is 25.7 Å². The predicted molar refractivity (Wildman–Crippen MR) is 87.9 cm³/mol. The van der Waals surface area contributed by atoms with E-state index in [9.17, 15) is 9.59 Å². The average Bonchev–Trinajstić information content (AvgIpc) is 2.95. The van der Waals surface area contributed by atoms with E-state index in [2.05, 4.69) is 5.32 Å². The summed E-state index contributed by atoms with van der Waals surface area (Å²) in [6.45, 7) is 4.32. The molecule has 1 saturated heterocycles. The number of methoxy groups -OCH3 is 2. The van der Waals surface area contributed by atoms with Crippen molar-refractivity contribution in [1.82, 2.24) is 5.32 Å². The van der Waals surface area contributed by atoms with Crippen LogP contribution in [-0.4, -0.2) is 38.6 Å². The van der Waals surface area contributed by atoms with Crippen molar-refractivity contribution in [2.24, 2.45) is 5.92 Å². The molecule has 0 aromatic heterocycles. The molecule has 0 radical (unpaired) electrons. The van der Waals surface area contributed by atoms with Gasteiger partial charge in [-0.15, -0.1) is 0 Å². The van der Waals surface area contributed by atoms with Gasteiger partial charge >= 0.3 is 0 Å². The Morgan fingerprint density at radius 3 is 2.74 bits per heavy atom. The first-order valence-electron chi connectivity index (χ1n) is 7.82. The van der Waals surface area contributed by atoms with Crippen LogP contribution in [0.5, 0.6) is 11.5 Å². The molecule has 2 amide bonds. The molecule has 2 atom stereocenters. The summed E-state index contributed by atoms with van der Waals surface area (Å²) in [5, 5.41) is 2.94. The van der Waals surface area contributed by atoms with Crippen molar-refractivity contribution in [3.05, 3.63) is 18.2 Å². The van der Waals surface area contributed by atoms with Crippen LogP contribution in [-0.2, 0) is 9.59 Å². The molecule has 1 fully saturated rings. The zero-order chi connectivity index (χ0) is 17.0. The van der Waals surface area contributed by atoms with Gasteiger partial charge in [0.2, 0.25) is 11.8 Å². The van der Waals surface area contributed by atoms with Gasteiger partial charge in [0.25, 0.3) is 0 Å². The van der Waals surface area contributed by atoms with Crippen LogP contribution in [0.1, 0.15) is 26.7 Å². The molecule has 23 heavy (non-hydrogen) atoms. The molecule has 126 valence electrons. The number of carbonyl (C=O) groups is 2. The summed E-state index contributed by atoms with van der Waals surface area (Å²) in [7, 11) is 3.12. The summed E-state index contributed by atoms with van der Waals surface area (Å²) in [4.78, 5) is 26.2. The van der Waals surface area contributed by atoms with Crippen molar-refractivity contribution >= 4 is 17.5 Å². The van der Waals surface area contributed by atoms with Crippen molar-refractivity contribution in [2.45, 2.75) is 32.7 Å². The lowest BCUT2D eigenvalue weighted by Crippen LogP contribution is -2.38. The Labute approximate surface area is 136 Å². The third-order valence-electron chi connectivity index (χ3n) is 4.17. The third kappa shape index (κ3) is 3.75. The maximum absolute atomic E-state index is 12.4. The molecule has 0 unspecified atom stereocenters. The zero-order valence-electron chi connectivity index (χ0n) is 14.1. The monoisotopic (exact) mass is 320 g/mol. The Morgan fingerprint density at radius 1 is 1.39 bits per heavy atom. The minimum Gasteiger partial charge on any atom is -0.497 e. The van der Waals surface area contributed by atoms with Gasteiger partial charge < -0.3 is 19.7 Å². The van der Waals surface area contributed by atoms with E-state index in [4.69, 9.17) is 9.47 Å². The van der Waals surface area contributed by atoms with Crippen molar-refractivity contribution in [1.29, 1.82) is 0 Å². The maximum Gasteiger partial charge on any atom is 0.227 e. The third-order valence-corrected chi connectivity index (χ3v) is 4.17. The fraction of sp³-hybridized carbons (Fsp3) is 0.529. The highest BCUT2D eigenvalue weighted by molar-refractivity contribution is 6.01. The number of nitrogens with zero attached hydrogens (tertiary/aromatic N) is 1. The lowest BCUT2D eigenvalue weighted by atomic mass is 10.1. The number of nitrogens with one attached hydrogen (secondary N) is 1. The van der Waals surface area contributed by atoms with E-state index >= 15 is 0 Å². The number of anilines is 1. The molecule has 2 rings (SSSR count). The minimum absolute atomic E-state index is 0.0722. The Balaban J connectivity index is 2.19. The molecule has 1 aromatic carbocycles. The van der Waals surface area contributed by atoms with Crippen LogP contribution in [0, 0.1) is 5.92 Å². The normalized spacial score (nSPS) is 18.7. The molecule has 0 bridgehead atoms. The highest BCUT2D eigenvalue weighted by atomic mass is 16.5. The van der Waals surface area contributed by atoms with Gasteiger partial charge in [0, 0.05) is 25.1 Å². The van der Waals surface area contributed by atoms with Gasteiger partial charge in [0.1, 0.15) is 11.5 Å². The number of benzene rings is 1. The summed E-state index contributed by atoms with van der Waals surface area (Å²) in [6, 6.07) is 5.40. The molecule has 1 N–H and O–H groups in total. The topological polar surface area (TPSA) is 67.9 Å². The van der Waals surface area contributed by atoms with Crippen molar-refractivity contribution in [3.8, 4) is 11.5 Å². The SMILES string of the molecule is CC[C@@H](C)NC(=O)[C@@H]1CC(=O)N(c2cc(OC)ccc2OC)C1. The predicted octanol–water partition coefficient (Wildman–Crippen LogP) is 1.97. The van der Waals surface area contributed by atoms with Crippen LogP contribution in [0.25, 0.3) is 0 Å². The maximum atomic E-state index is 12.4. The van der Waals surface area contributed by atoms with Gasteiger partial charge in [-0.2, -0.15) is 0 Å². The summed E-state index contributed by atoms with van der Waals surface area (Å²) < 4.78 is 10.6. The number of ether oxygens (including phenoxy) is 2. The van der Waals surface area contributed by atoms with Crippen LogP contribution in [0.4, 0.5) is 5.69 Å². The first kappa shape index (κ1) is 17.1. The lowest BCUT2D eigenvalue weighted by molar-refractivity contribution is -0.126. The Kier molecular flexibility index (Phi) is 5.47. The van der Waals surface area contributed by atoms with Crippen LogP contribution in [0.2, 0.25) is 0 Å². The van der Waals surface area contributed by atoms with Crippen molar-refractivity contribution < 1.29 is 19.1 Å². The Morgan fingerprint density at radius 2 is 2.13 bits per heavy atom. The Bertz CT molecular complexity index is 588. The van der Waals surface area contributed by atoms with E-state index in [-0.39, 0.29) is 30.2 Å². The van der Waals surface area contributed by atoms with E-state index in [1.165, 1.54) is 0 Å². The fourth-order valence-corrected chi connectivity index (χ4v) is 2.59. The standard InChI is InChI=1S/C17H24N2O4/c1-5-11(2)18-17(21)12-8-16(20)19(10-12)14-9-13(22-3)6-7-15(14)23-4/h6-7,9,11-12H,5,8,10H2,1-4H3,(H,18,21)/t11-,12-/m1/s1. The van der Waals surface area contributed by atoms with Crippen LogP contribution < -0.4 is 19.7 Å². The van der Waals surface area contributed by atoms with E-state index in [1.807, 2.05) is 13.8 Å². The second-order valence-electron chi connectivity index (χ2n) is 5.76. The van der Waals surface area contributed by atoms with Crippen LogP contribution in [0.3, 0.4) is 0 Å². The molecule has 1 aliphatic rings. The summed E-state index contributed by atoms with van der Waals surface area (Å²) >= 11 is 0. The number of hydrogen-bond acceptors (Lipinski definition) is 4. The van der Waals surface area contributed by atoms with E-state index in [0.717, 1.165) is 6.42 Å². The first-order valence-corrected chi connectivity index (χ1v) is 7.82. The first-order chi connectivity index (χ1) is 11.0. The molecule has 1 heterocycles. The van der Waals surface area contributed by atoms with Gasteiger partial charge in [-0.3, -0.25) is 9.59 Å². The van der Waals surface area contributed by atoms with Crippen LogP contribution in [0.15, 0.2) is 18.2 Å². The second-order valence-corrected chi connectivity index (χ2v) is 5.76. The summed E-state index contributed by atoms with van der Waals surface area (Å²) in [5.74, 6) is 0.730. The quantitative estimate of drug-likeness (QED) is 0.870. The number of hydrogen-bond donors (Lipinski definition) is 1. The molecule has 0 spiro atoms. The number of amides is 2. The van der Waals surface area contributed by atoms with Gasteiger partial charge in [-0.25, -0.2) is 0 Å². The van der Waals surface area contributed by atoms with E-state index in [1.54, 1.807) is 37.3 Å². The van der Waals surface area contributed by atoms with Gasteiger partial charge in [-0.1, -0.05) is 6.92 Å². The van der Waals surface area contributed by atoms with E-state index in [0.29, 0.717) is 23.7 Å². The zero-order valence-corrected chi connectivity index (χ0v) is 14.1. The molecule has 6 heteroatoms. The fourth-order valence-electron chi connectivity index (χ4n) is 2.59. The number of rotatable bonds is 6. The second kappa shape index (κ2) is 7.35. The molecule has 1 aliphatic heterocycles. The largest absolute Gasteiger partial charge is 0.497 e. The molecular weight excluding hydrogens is 296 g/mol. The minimum atomic E-state index is -0.340.